The van der Waals surface area contributed by atoms with E-state index in [-0.39, 0.29) is 6.42 Å². The van der Waals surface area contributed by atoms with E-state index in [0.29, 0.717) is 5.92 Å². The van der Waals surface area contributed by atoms with Crippen LogP contribution in [0.5, 0.6) is 0 Å². The van der Waals surface area contributed by atoms with E-state index >= 15 is 0 Å². The third kappa shape index (κ3) is 1.80. The van der Waals surface area contributed by atoms with Gasteiger partial charge in [0.2, 0.25) is 0 Å². The van der Waals surface area contributed by atoms with Crippen molar-refractivity contribution in [2.24, 2.45) is 5.92 Å². The first-order chi connectivity index (χ1) is 6.25. The minimum absolute atomic E-state index is 0.280. The lowest BCUT2D eigenvalue weighted by Crippen LogP contribution is -2.47. The van der Waals surface area contributed by atoms with Crippen molar-refractivity contribution >= 4 is 22.4 Å². The second-order valence-corrected chi connectivity index (χ2v) is 4.06. The summed E-state index contributed by atoms with van der Waals surface area (Å²) in [6.45, 7) is 1.67. The molecule has 2 heterocycles. The van der Waals surface area contributed by atoms with Gasteiger partial charge in [0.05, 0.1) is 6.42 Å². The number of aliphatic carboxylic acids is 1. The highest BCUT2D eigenvalue weighted by molar-refractivity contribution is 7.13. The normalized spacial score (nSPS) is 17.1. The van der Waals surface area contributed by atoms with Crippen molar-refractivity contribution in [3.05, 3.63) is 11.6 Å². The Morgan fingerprint density at radius 2 is 2.54 bits per heavy atom. The van der Waals surface area contributed by atoms with Crippen LogP contribution in [0.25, 0.3) is 0 Å². The SMILES string of the molecule is O=C(O)CC1CN(c2nccs2)C1. The number of rotatable bonds is 3. The molecule has 1 aliphatic heterocycles. The highest BCUT2D eigenvalue weighted by Crippen LogP contribution is 2.27. The molecule has 5 heteroatoms. The number of carbonyl (C=O) groups is 1. The van der Waals surface area contributed by atoms with Crippen molar-refractivity contribution in [2.45, 2.75) is 6.42 Å². The maximum absolute atomic E-state index is 10.4. The van der Waals surface area contributed by atoms with Crippen LogP contribution in [-0.4, -0.2) is 29.1 Å². The van der Waals surface area contributed by atoms with Crippen molar-refractivity contribution in [3.63, 3.8) is 0 Å². The second kappa shape index (κ2) is 3.33. The number of hydrogen-bond donors (Lipinski definition) is 1. The van der Waals surface area contributed by atoms with Gasteiger partial charge < -0.3 is 10.0 Å². The molecule has 1 aromatic heterocycles. The molecule has 0 radical (unpaired) electrons. The van der Waals surface area contributed by atoms with Crippen LogP contribution in [0.1, 0.15) is 6.42 Å². The minimum atomic E-state index is -0.705. The van der Waals surface area contributed by atoms with Crippen LogP contribution < -0.4 is 4.90 Å². The zero-order valence-corrected chi connectivity index (χ0v) is 7.83. The third-order valence-electron chi connectivity index (χ3n) is 2.11. The fraction of sp³-hybridized carbons (Fsp3) is 0.500. The van der Waals surface area contributed by atoms with Crippen molar-refractivity contribution < 1.29 is 9.90 Å². The summed E-state index contributed by atoms with van der Waals surface area (Å²) in [5, 5.41) is 11.5. The second-order valence-electron chi connectivity index (χ2n) is 3.18. The summed E-state index contributed by atoms with van der Waals surface area (Å²) in [5.74, 6) is -0.398. The first kappa shape index (κ1) is 8.50. The van der Waals surface area contributed by atoms with Gasteiger partial charge in [-0.15, -0.1) is 11.3 Å². The van der Waals surface area contributed by atoms with Gasteiger partial charge in [0.15, 0.2) is 5.13 Å². The molecule has 1 aliphatic rings. The Morgan fingerprint density at radius 1 is 1.77 bits per heavy atom. The molecule has 0 unspecified atom stereocenters. The predicted molar refractivity (Wildman–Crippen MR) is 50.1 cm³/mol. The van der Waals surface area contributed by atoms with Crippen molar-refractivity contribution in [3.8, 4) is 0 Å². The quantitative estimate of drug-likeness (QED) is 0.788. The molecule has 0 spiro atoms. The third-order valence-corrected chi connectivity index (χ3v) is 2.94. The van der Waals surface area contributed by atoms with E-state index < -0.39 is 5.97 Å². The smallest absolute Gasteiger partial charge is 0.303 e. The zero-order valence-electron chi connectivity index (χ0n) is 7.01. The van der Waals surface area contributed by atoms with Gasteiger partial charge >= 0.3 is 5.97 Å². The molecule has 2 rings (SSSR count). The molecule has 0 aromatic carbocycles. The topological polar surface area (TPSA) is 53.4 Å². The Hall–Kier alpha value is -1.10. The van der Waals surface area contributed by atoms with Gasteiger partial charge in [-0.3, -0.25) is 4.79 Å². The summed E-state index contributed by atoms with van der Waals surface area (Å²) in [5.41, 5.74) is 0. The highest BCUT2D eigenvalue weighted by Gasteiger charge is 2.29. The van der Waals surface area contributed by atoms with Crippen molar-refractivity contribution in [2.75, 3.05) is 18.0 Å². The molecule has 4 nitrogen and oxygen atoms in total. The number of carboxylic acid groups (broad SMARTS) is 1. The number of hydrogen-bond acceptors (Lipinski definition) is 4. The van der Waals surface area contributed by atoms with E-state index in [1.807, 2.05) is 5.38 Å². The van der Waals surface area contributed by atoms with Gasteiger partial charge in [0.1, 0.15) is 0 Å². The molecule has 13 heavy (non-hydrogen) atoms. The van der Waals surface area contributed by atoms with E-state index in [1.54, 1.807) is 17.5 Å². The number of nitrogens with zero attached hydrogens (tertiary/aromatic N) is 2. The molecular formula is C8H10N2O2S. The predicted octanol–water partition coefficient (Wildman–Crippen LogP) is 1.05. The Kier molecular flexibility index (Phi) is 2.18. The van der Waals surface area contributed by atoms with E-state index in [4.69, 9.17) is 5.11 Å². The molecule has 1 fully saturated rings. The minimum Gasteiger partial charge on any atom is -0.481 e. The number of thiazole rings is 1. The molecule has 1 saturated heterocycles. The monoisotopic (exact) mass is 198 g/mol. The molecule has 1 N–H and O–H groups in total. The summed E-state index contributed by atoms with van der Waals surface area (Å²) in [6.07, 6.45) is 2.05. The van der Waals surface area contributed by atoms with E-state index in [9.17, 15) is 4.79 Å². The number of aromatic nitrogens is 1. The maximum atomic E-state index is 10.4. The van der Waals surface area contributed by atoms with Crippen LogP contribution in [0.2, 0.25) is 0 Å². The summed E-state index contributed by atoms with van der Waals surface area (Å²) >= 11 is 1.60. The van der Waals surface area contributed by atoms with Crippen LogP contribution in [-0.2, 0) is 4.79 Å². The lowest BCUT2D eigenvalue weighted by atomic mass is 9.97. The molecule has 0 amide bonds. The lowest BCUT2D eigenvalue weighted by Gasteiger charge is -2.38. The fourth-order valence-corrected chi connectivity index (χ4v) is 2.14. The summed E-state index contributed by atoms with van der Waals surface area (Å²) in [7, 11) is 0. The van der Waals surface area contributed by atoms with E-state index in [1.165, 1.54) is 0 Å². The van der Waals surface area contributed by atoms with E-state index in [0.717, 1.165) is 18.2 Å². The first-order valence-corrected chi connectivity index (χ1v) is 5.00. The molecule has 0 atom stereocenters. The molecule has 1 aromatic rings. The Balaban J connectivity index is 1.82. The standard InChI is InChI=1S/C8H10N2O2S/c11-7(12)3-6-4-10(5-6)8-9-1-2-13-8/h1-2,6H,3-5H2,(H,11,12). The van der Waals surface area contributed by atoms with E-state index in [2.05, 4.69) is 9.88 Å². The first-order valence-electron chi connectivity index (χ1n) is 4.12. The average molecular weight is 198 g/mol. The van der Waals surface area contributed by atoms with Crippen LogP contribution >= 0.6 is 11.3 Å². The number of anilines is 1. The zero-order chi connectivity index (χ0) is 9.26. The van der Waals surface area contributed by atoms with Gasteiger partial charge in [-0.2, -0.15) is 0 Å². The van der Waals surface area contributed by atoms with Crippen LogP contribution in [0.3, 0.4) is 0 Å². The van der Waals surface area contributed by atoms with Gasteiger partial charge in [-0.05, 0) is 0 Å². The average Bonchev–Trinajstić information content (AvgIpc) is 2.46. The lowest BCUT2D eigenvalue weighted by molar-refractivity contribution is -0.138. The van der Waals surface area contributed by atoms with Gasteiger partial charge in [-0.25, -0.2) is 4.98 Å². The number of carboxylic acids is 1. The molecule has 0 bridgehead atoms. The molecule has 0 aliphatic carbocycles. The Labute approximate surface area is 79.8 Å². The fourth-order valence-electron chi connectivity index (χ4n) is 1.47. The molecule has 70 valence electrons. The molecular weight excluding hydrogens is 188 g/mol. The Morgan fingerprint density at radius 3 is 3.08 bits per heavy atom. The van der Waals surface area contributed by atoms with Gasteiger partial charge in [0.25, 0.3) is 0 Å². The van der Waals surface area contributed by atoms with Crippen LogP contribution in [0.4, 0.5) is 5.13 Å². The Bertz CT molecular complexity index is 293. The summed E-state index contributed by atoms with van der Waals surface area (Å²) < 4.78 is 0. The summed E-state index contributed by atoms with van der Waals surface area (Å²) in [4.78, 5) is 16.6. The highest BCUT2D eigenvalue weighted by atomic mass is 32.1. The summed E-state index contributed by atoms with van der Waals surface area (Å²) in [6, 6.07) is 0. The van der Waals surface area contributed by atoms with Crippen molar-refractivity contribution in [1.29, 1.82) is 0 Å². The largest absolute Gasteiger partial charge is 0.481 e. The maximum Gasteiger partial charge on any atom is 0.303 e. The van der Waals surface area contributed by atoms with Gasteiger partial charge in [-0.1, -0.05) is 0 Å². The molecule has 0 saturated carbocycles. The van der Waals surface area contributed by atoms with Gasteiger partial charge in [0, 0.05) is 30.6 Å². The van der Waals surface area contributed by atoms with Crippen LogP contribution in [0.15, 0.2) is 11.6 Å². The van der Waals surface area contributed by atoms with Crippen molar-refractivity contribution in [1.82, 2.24) is 4.98 Å². The van der Waals surface area contributed by atoms with Crippen LogP contribution in [0, 0.1) is 5.92 Å².